The molecule has 8 nitrogen and oxygen atoms in total. The van der Waals surface area contributed by atoms with Gasteiger partial charge in [0.1, 0.15) is 17.6 Å². The quantitative estimate of drug-likeness (QED) is 0.488. The number of hydrogen-bond acceptors (Lipinski definition) is 5. The van der Waals surface area contributed by atoms with E-state index >= 15 is 0 Å². The smallest absolute Gasteiger partial charge is 0.240 e. The number of nitrogens with one attached hydrogen (secondary N) is 2. The van der Waals surface area contributed by atoms with E-state index in [1.807, 2.05) is 48.1 Å². The summed E-state index contributed by atoms with van der Waals surface area (Å²) in [5.74, 6) is 1.11. The molecule has 9 heteroatoms. The van der Waals surface area contributed by atoms with Crippen LogP contribution in [-0.4, -0.2) is 37.5 Å². The van der Waals surface area contributed by atoms with Crippen molar-refractivity contribution in [2.24, 2.45) is 7.05 Å². The van der Waals surface area contributed by atoms with Gasteiger partial charge in [-0.3, -0.25) is 4.79 Å². The van der Waals surface area contributed by atoms with Crippen molar-refractivity contribution in [3.05, 3.63) is 77.4 Å². The van der Waals surface area contributed by atoms with Crippen LogP contribution in [0.3, 0.4) is 0 Å². The van der Waals surface area contributed by atoms with E-state index in [4.69, 9.17) is 4.74 Å². The van der Waals surface area contributed by atoms with E-state index in [1.165, 1.54) is 5.56 Å². The fraction of sp³-hybridized carbons (Fsp3) is 0.360. The Morgan fingerprint density at radius 1 is 1.12 bits per heavy atom. The molecule has 0 spiro atoms. The van der Waals surface area contributed by atoms with E-state index in [2.05, 4.69) is 15.0 Å². The van der Waals surface area contributed by atoms with Crippen LogP contribution in [0.2, 0.25) is 0 Å². The number of rotatable bonds is 9. The molecule has 0 unspecified atom stereocenters. The van der Waals surface area contributed by atoms with E-state index in [0.29, 0.717) is 11.6 Å². The minimum atomic E-state index is -3.69. The molecule has 0 bridgehead atoms. The zero-order valence-electron chi connectivity index (χ0n) is 19.5. The normalized spacial score (nSPS) is 14.3. The van der Waals surface area contributed by atoms with Gasteiger partial charge in [-0.05, 0) is 66.6 Å². The number of fused-ring (bicyclic) bond motifs is 1. The minimum Gasteiger partial charge on any atom is -0.497 e. The second-order valence-electron chi connectivity index (χ2n) is 8.46. The summed E-state index contributed by atoms with van der Waals surface area (Å²) in [7, 11) is -0.234. The van der Waals surface area contributed by atoms with Gasteiger partial charge in [0.05, 0.1) is 12.0 Å². The highest BCUT2D eigenvalue weighted by atomic mass is 32.2. The predicted molar refractivity (Wildman–Crippen MR) is 129 cm³/mol. The number of sulfonamides is 1. The van der Waals surface area contributed by atoms with Gasteiger partial charge in [0.15, 0.2) is 0 Å². The molecule has 0 aliphatic heterocycles. The lowest BCUT2D eigenvalue weighted by molar-refractivity contribution is -0.121. The molecule has 180 valence electrons. The number of aromatic nitrogens is 2. The first-order chi connectivity index (χ1) is 16.4. The molecule has 1 amide bonds. The topological polar surface area (TPSA) is 102 Å². The Balaban J connectivity index is 1.40. The molecule has 4 rings (SSSR count). The lowest BCUT2D eigenvalue weighted by Gasteiger charge is -2.20. The van der Waals surface area contributed by atoms with Crippen LogP contribution in [0.15, 0.2) is 59.8 Å². The number of aryl methyl sites for hydroxylation is 3. The second kappa shape index (κ2) is 10.4. The maximum Gasteiger partial charge on any atom is 0.240 e. The van der Waals surface area contributed by atoms with E-state index in [0.717, 1.165) is 36.8 Å². The molecule has 1 aliphatic carbocycles. The van der Waals surface area contributed by atoms with Crippen LogP contribution in [0.25, 0.3) is 0 Å². The third kappa shape index (κ3) is 5.48. The van der Waals surface area contributed by atoms with E-state index in [1.54, 1.807) is 25.4 Å². The Bertz CT molecular complexity index is 1250. The molecule has 2 aromatic carbocycles. The summed E-state index contributed by atoms with van der Waals surface area (Å²) in [5, 5.41) is 2.98. The molecule has 1 atom stereocenters. The first-order valence-corrected chi connectivity index (χ1v) is 12.9. The highest BCUT2D eigenvalue weighted by Crippen LogP contribution is 2.25. The largest absolute Gasteiger partial charge is 0.497 e. The zero-order valence-corrected chi connectivity index (χ0v) is 20.3. The van der Waals surface area contributed by atoms with E-state index in [9.17, 15) is 13.2 Å². The molecule has 0 saturated heterocycles. The number of nitrogens with zero attached hydrogens (tertiary/aromatic N) is 2. The van der Waals surface area contributed by atoms with Gasteiger partial charge < -0.3 is 14.6 Å². The standard InChI is InChI=1S/C25H30N4O4S/c1-29-16-15-26-25(29)24(19-7-10-21(33-2)11-8-19)28-23(30)13-14-27-34(31,32)22-12-9-18-5-3-4-6-20(18)17-22/h7-12,15-17,24,27H,3-6,13-14H2,1-2H3,(H,28,30)/t24-/m0/s1. The van der Waals surface area contributed by atoms with Gasteiger partial charge in [-0.1, -0.05) is 18.2 Å². The average Bonchev–Trinajstić information content (AvgIpc) is 3.27. The van der Waals surface area contributed by atoms with Gasteiger partial charge >= 0.3 is 0 Å². The Hall–Kier alpha value is -3.17. The molecular weight excluding hydrogens is 452 g/mol. The van der Waals surface area contributed by atoms with Crippen LogP contribution >= 0.6 is 0 Å². The van der Waals surface area contributed by atoms with Crippen molar-refractivity contribution in [3.8, 4) is 5.75 Å². The lowest BCUT2D eigenvalue weighted by Crippen LogP contribution is -2.34. The van der Waals surface area contributed by atoms with Gasteiger partial charge in [0.25, 0.3) is 0 Å². The first-order valence-electron chi connectivity index (χ1n) is 11.4. The summed E-state index contributed by atoms with van der Waals surface area (Å²) in [5.41, 5.74) is 3.17. The highest BCUT2D eigenvalue weighted by Gasteiger charge is 2.22. The minimum absolute atomic E-state index is 0.00114. The van der Waals surface area contributed by atoms with Crippen LogP contribution in [-0.2, 0) is 34.7 Å². The van der Waals surface area contributed by atoms with Gasteiger partial charge in [-0.25, -0.2) is 18.1 Å². The summed E-state index contributed by atoms with van der Waals surface area (Å²) in [4.78, 5) is 17.4. The third-order valence-electron chi connectivity index (χ3n) is 6.15. The van der Waals surface area contributed by atoms with Gasteiger partial charge in [0.2, 0.25) is 15.9 Å². The Morgan fingerprint density at radius 2 is 1.85 bits per heavy atom. The summed E-state index contributed by atoms with van der Waals surface area (Å²) >= 11 is 0. The number of carbonyl (C=O) groups is 1. The van der Waals surface area contributed by atoms with Crippen molar-refractivity contribution in [3.63, 3.8) is 0 Å². The Labute approximate surface area is 200 Å². The SMILES string of the molecule is COc1ccc([C@H](NC(=O)CCNS(=O)(=O)c2ccc3c(c2)CCCC3)c2nccn2C)cc1. The maximum atomic E-state index is 12.8. The maximum absolute atomic E-state index is 12.8. The Morgan fingerprint density at radius 3 is 2.53 bits per heavy atom. The molecule has 3 aromatic rings. The molecule has 0 saturated carbocycles. The summed E-state index contributed by atoms with van der Waals surface area (Å²) in [6.45, 7) is 0.00114. The van der Waals surface area contributed by atoms with Crippen LogP contribution in [0.1, 0.15) is 47.8 Å². The zero-order chi connectivity index (χ0) is 24.1. The number of amides is 1. The van der Waals surface area contributed by atoms with Crippen molar-refractivity contribution in [2.75, 3.05) is 13.7 Å². The second-order valence-corrected chi connectivity index (χ2v) is 10.2. The monoisotopic (exact) mass is 482 g/mol. The number of imidazole rings is 1. The van der Waals surface area contributed by atoms with Crippen molar-refractivity contribution < 1.29 is 17.9 Å². The van der Waals surface area contributed by atoms with Gasteiger partial charge in [-0.2, -0.15) is 0 Å². The summed E-state index contributed by atoms with van der Waals surface area (Å²) < 4.78 is 35.2. The summed E-state index contributed by atoms with van der Waals surface area (Å²) in [6, 6.07) is 12.2. The molecule has 0 radical (unpaired) electrons. The van der Waals surface area contributed by atoms with E-state index < -0.39 is 16.1 Å². The first kappa shape index (κ1) is 24.0. The van der Waals surface area contributed by atoms with Crippen molar-refractivity contribution in [1.82, 2.24) is 19.6 Å². The average molecular weight is 483 g/mol. The van der Waals surface area contributed by atoms with Gasteiger partial charge in [-0.15, -0.1) is 0 Å². The van der Waals surface area contributed by atoms with Crippen molar-refractivity contribution in [2.45, 2.75) is 43.0 Å². The van der Waals surface area contributed by atoms with E-state index in [-0.39, 0.29) is 23.8 Å². The lowest BCUT2D eigenvalue weighted by atomic mass is 9.92. The highest BCUT2D eigenvalue weighted by molar-refractivity contribution is 7.89. The number of carbonyl (C=O) groups excluding carboxylic acids is 1. The number of benzene rings is 2. The fourth-order valence-electron chi connectivity index (χ4n) is 4.24. The number of ether oxygens (including phenoxy) is 1. The van der Waals surface area contributed by atoms with Crippen LogP contribution in [0, 0.1) is 0 Å². The molecule has 34 heavy (non-hydrogen) atoms. The molecule has 1 aliphatic rings. The molecule has 0 fully saturated rings. The van der Waals surface area contributed by atoms with Gasteiger partial charge in [0, 0.05) is 32.4 Å². The fourth-order valence-corrected chi connectivity index (χ4v) is 5.32. The number of hydrogen-bond donors (Lipinski definition) is 2. The Kier molecular flexibility index (Phi) is 7.33. The molecule has 1 aromatic heterocycles. The van der Waals surface area contributed by atoms with Crippen molar-refractivity contribution >= 4 is 15.9 Å². The summed E-state index contributed by atoms with van der Waals surface area (Å²) in [6.07, 6.45) is 7.60. The third-order valence-corrected chi connectivity index (χ3v) is 7.60. The molecular formula is C25H30N4O4S. The molecule has 2 N–H and O–H groups in total. The van der Waals surface area contributed by atoms with Crippen molar-refractivity contribution in [1.29, 1.82) is 0 Å². The van der Waals surface area contributed by atoms with Crippen LogP contribution in [0.5, 0.6) is 5.75 Å². The van der Waals surface area contributed by atoms with Crippen LogP contribution < -0.4 is 14.8 Å². The van der Waals surface area contributed by atoms with Crippen LogP contribution in [0.4, 0.5) is 0 Å². The predicted octanol–water partition coefficient (Wildman–Crippen LogP) is 2.88. The molecule has 1 heterocycles. The number of methoxy groups -OCH3 is 1.